The van der Waals surface area contributed by atoms with Crippen molar-refractivity contribution in [2.75, 3.05) is 14.1 Å². The molecule has 0 N–H and O–H groups in total. The Morgan fingerprint density at radius 3 is 2.16 bits per heavy atom. The summed E-state index contributed by atoms with van der Waals surface area (Å²) in [6.45, 7) is 0.674. The Bertz CT molecular complexity index is 1660. The molecule has 186 valence electrons. The van der Waals surface area contributed by atoms with Gasteiger partial charge in [-0.3, -0.25) is 0 Å². The highest BCUT2D eigenvalue weighted by molar-refractivity contribution is 7.89. The number of fused-ring (bicyclic) bond motifs is 1. The van der Waals surface area contributed by atoms with Gasteiger partial charge in [0.05, 0.1) is 21.5 Å². The van der Waals surface area contributed by atoms with Gasteiger partial charge in [-0.1, -0.05) is 42.5 Å². The van der Waals surface area contributed by atoms with Crippen LogP contribution in [0, 0.1) is 0 Å². The molecule has 0 unspecified atom stereocenters. The van der Waals surface area contributed by atoms with Gasteiger partial charge in [0.2, 0.25) is 10.0 Å². The summed E-state index contributed by atoms with van der Waals surface area (Å²) in [5, 5.41) is 0. The van der Waals surface area contributed by atoms with Crippen LogP contribution in [0.1, 0.15) is 15.9 Å². The smallest absolute Gasteiger partial charge is 0.343 e. The van der Waals surface area contributed by atoms with E-state index in [1.807, 2.05) is 48.5 Å². The number of aromatic nitrogens is 2. The quantitative estimate of drug-likeness (QED) is 0.221. The van der Waals surface area contributed by atoms with Crippen LogP contribution in [0.15, 0.2) is 108 Å². The van der Waals surface area contributed by atoms with E-state index in [9.17, 15) is 13.2 Å². The van der Waals surface area contributed by atoms with Crippen LogP contribution in [0.5, 0.6) is 5.75 Å². The molecule has 0 atom stereocenters. The number of ether oxygens (including phenoxy) is 1. The molecule has 0 saturated heterocycles. The molecule has 0 amide bonds. The monoisotopic (exact) mass is 511 g/mol. The highest BCUT2D eigenvalue weighted by Gasteiger charge is 2.18. The fraction of sp³-hybridized carbons (Fsp3) is 0.103. The molecule has 0 radical (unpaired) electrons. The van der Waals surface area contributed by atoms with Crippen LogP contribution in [0.25, 0.3) is 22.4 Å². The van der Waals surface area contributed by atoms with Crippen LogP contribution in [-0.4, -0.2) is 42.3 Å². The molecule has 0 fully saturated rings. The SMILES string of the molecule is CN(C)S(=O)(=O)c1ccc(C(=O)Oc2ccc(-c3nc4ccccc4n3Cc3ccccc3)cc2)cc1. The summed E-state index contributed by atoms with van der Waals surface area (Å²) < 4.78 is 33.3. The first-order chi connectivity index (χ1) is 17.8. The highest BCUT2D eigenvalue weighted by Crippen LogP contribution is 2.28. The zero-order chi connectivity index (χ0) is 26.0. The van der Waals surface area contributed by atoms with Crippen molar-refractivity contribution in [1.29, 1.82) is 0 Å². The second kappa shape index (κ2) is 10.0. The molecule has 5 rings (SSSR count). The number of hydrogen-bond acceptors (Lipinski definition) is 5. The van der Waals surface area contributed by atoms with Crippen molar-refractivity contribution in [1.82, 2.24) is 13.9 Å². The molecule has 4 aromatic carbocycles. The minimum Gasteiger partial charge on any atom is -0.423 e. The van der Waals surface area contributed by atoms with Crippen LogP contribution < -0.4 is 4.74 Å². The maximum absolute atomic E-state index is 12.6. The van der Waals surface area contributed by atoms with Gasteiger partial charge < -0.3 is 9.30 Å². The maximum atomic E-state index is 12.6. The summed E-state index contributed by atoms with van der Waals surface area (Å²) in [5.74, 6) is 0.628. The van der Waals surface area contributed by atoms with Crippen LogP contribution in [0.2, 0.25) is 0 Å². The summed E-state index contributed by atoms with van der Waals surface area (Å²) >= 11 is 0. The van der Waals surface area contributed by atoms with Gasteiger partial charge in [-0.25, -0.2) is 22.5 Å². The van der Waals surface area contributed by atoms with Crippen LogP contribution in [0.4, 0.5) is 0 Å². The standard InChI is InChI=1S/C29H25N3O4S/c1-31(2)37(34,35)25-18-14-23(15-19-25)29(33)36-24-16-12-22(13-17-24)28-30-26-10-6-7-11-27(26)32(28)20-21-8-4-3-5-9-21/h3-19H,20H2,1-2H3. The van der Waals surface area contributed by atoms with Crippen LogP contribution >= 0.6 is 0 Å². The Balaban J connectivity index is 1.38. The van der Waals surface area contributed by atoms with E-state index in [1.54, 1.807) is 12.1 Å². The molecule has 0 spiro atoms. The Morgan fingerprint density at radius 2 is 1.49 bits per heavy atom. The lowest BCUT2D eigenvalue weighted by molar-refractivity contribution is 0.0734. The van der Waals surface area contributed by atoms with E-state index in [4.69, 9.17) is 9.72 Å². The van der Waals surface area contributed by atoms with Gasteiger partial charge in [0.15, 0.2) is 0 Å². The third kappa shape index (κ3) is 5.02. The van der Waals surface area contributed by atoms with Crippen molar-refractivity contribution in [2.45, 2.75) is 11.4 Å². The van der Waals surface area contributed by atoms with Gasteiger partial charge in [0, 0.05) is 26.2 Å². The second-order valence-electron chi connectivity index (χ2n) is 8.72. The van der Waals surface area contributed by atoms with Crippen molar-refractivity contribution < 1.29 is 17.9 Å². The molecule has 0 saturated carbocycles. The number of para-hydroxylation sites is 2. The molecule has 1 heterocycles. The zero-order valence-corrected chi connectivity index (χ0v) is 21.2. The van der Waals surface area contributed by atoms with Gasteiger partial charge in [-0.05, 0) is 66.2 Å². The number of carbonyl (C=O) groups excluding carboxylic acids is 1. The van der Waals surface area contributed by atoms with Gasteiger partial charge in [-0.15, -0.1) is 0 Å². The van der Waals surface area contributed by atoms with Crippen molar-refractivity contribution in [3.63, 3.8) is 0 Å². The Labute approximate surface area is 215 Å². The summed E-state index contributed by atoms with van der Waals surface area (Å²) in [7, 11) is -0.657. The van der Waals surface area contributed by atoms with Crippen LogP contribution in [-0.2, 0) is 16.6 Å². The number of imidazole rings is 1. The molecule has 37 heavy (non-hydrogen) atoms. The van der Waals surface area contributed by atoms with E-state index in [0.29, 0.717) is 12.3 Å². The first kappa shape index (κ1) is 24.4. The van der Waals surface area contributed by atoms with Crippen molar-refractivity contribution in [2.24, 2.45) is 0 Å². The van der Waals surface area contributed by atoms with Gasteiger partial charge in [0.25, 0.3) is 0 Å². The van der Waals surface area contributed by atoms with Crippen molar-refractivity contribution in [3.05, 3.63) is 114 Å². The molecule has 0 aliphatic rings. The topological polar surface area (TPSA) is 81.5 Å². The van der Waals surface area contributed by atoms with Gasteiger partial charge in [-0.2, -0.15) is 0 Å². The Kier molecular flexibility index (Phi) is 6.60. The number of rotatable bonds is 7. The van der Waals surface area contributed by atoms with E-state index in [2.05, 4.69) is 22.8 Å². The van der Waals surface area contributed by atoms with E-state index >= 15 is 0 Å². The van der Waals surface area contributed by atoms with Crippen molar-refractivity contribution >= 4 is 27.0 Å². The second-order valence-corrected chi connectivity index (χ2v) is 10.9. The number of sulfonamides is 1. The van der Waals surface area contributed by atoms with E-state index in [1.165, 1.54) is 43.9 Å². The van der Waals surface area contributed by atoms with E-state index in [0.717, 1.165) is 26.7 Å². The summed E-state index contributed by atoms with van der Waals surface area (Å²) in [6.07, 6.45) is 0. The molecule has 0 bridgehead atoms. The van der Waals surface area contributed by atoms with Gasteiger partial charge >= 0.3 is 5.97 Å². The number of benzene rings is 4. The number of esters is 1. The third-order valence-electron chi connectivity index (χ3n) is 6.03. The first-order valence-corrected chi connectivity index (χ1v) is 13.1. The lowest BCUT2D eigenvalue weighted by atomic mass is 10.2. The fourth-order valence-corrected chi connectivity index (χ4v) is 4.94. The molecular weight excluding hydrogens is 486 g/mol. The van der Waals surface area contributed by atoms with Crippen LogP contribution in [0.3, 0.4) is 0 Å². The molecule has 1 aromatic heterocycles. The highest BCUT2D eigenvalue weighted by atomic mass is 32.2. The number of nitrogens with zero attached hydrogens (tertiary/aromatic N) is 3. The number of hydrogen-bond donors (Lipinski definition) is 0. The normalized spacial score (nSPS) is 11.6. The molecule has 5 aromatic rings. The van der Waals surface area contributed by atoms with Crippen molar-refractivity contribution in [3.8, 4) is 17.1 Å². The maximum Gasteiger partial charge on any atom is 0.343 e. The summed E-state index contributed by atoms with van der Waals surface area (Å²) in [4.78, 5) is 17.6. The molecule has 0 aliphatic heterocycles. The lowest BCUT2D eigenvalue weighted by Gasteiger charge is -2.12. The molecule has 0 aliphatic carbocycles. The minimum absolute atomic E-state index is 0.108. The predicted molar refractivity (Wildman–Crippen MR) is 143 cm³/mol. The first-order valence-electron chi connectivity index (χ1n) is 11.7. The zero-order valence-electron chi connectivity index (χ0n) is 20.4. The van der Waals surface area contributed by atoms with E-state index in [-0.39, 0.29) is 10.5 Å². The average Bonchev–Trinajstić information content (AvgIpc) is 3.28. The summed E-state index contributed by atoms with van der Waals surface area (Å²) in [5.41, 5.74) is 4.26. The predicted octanol–water partition coefficient (Wildman–Crippen LogP) is 5.22. The van der Waals surface area contributed by atoms with Gasteiger partial charge in [0.1, 0.15) is 11.6 Å². The van der Waals surface area contributed by atoms with E-state index < -0.39 is 16.0 Å². The Hall–Kier alpha value is -4.27. The fourth-order valence-electron chi connectivity index (χ4n) is 4.03. The minimum atomic E-state index is -3.57. The average molecular weight is 512 g/mol. The third-order valence-corrected chi connectivity index (χ3v) is 7.86. The lowest BCUT2D eigenvalue weighted by Crippen LogP contribution is -2.22. The molecule has 8 heteroatoms. The number of carbonyl (C=O) groups is 1. The largest absolute Gasteiger partial charge is 0.423 e. The summed E-state index contributed by atoms with van der Waals surface area (Å²) in [6, 6.07) is 31.1. The molecular formula is C29H25N3O4S. The Morgan fingerprint density at radius 1 is 0.838 bits per heavy atom. The molecule has 7 nitrogen and oxygen atoms in total.